The summed E-state index contributed by atoms with van der Waals surface area (Å²) in [5.41, 5.74) is -0.441. The Bertz CT molecular complexity index is 283. The molecule has 2 fully saturated rings. The van der Waals surface area contributed by atoms with Gasteiger partial charge in [-0.15, -0.1) is 0 Å². The van der Waals surface area contributed by atoms with E-state index in [2.05, 4.69) is 30.7 Å². The molecular formula is C17H34N2O. The third-order valence-corrected chi connectivity index (χ3v) is 5.86. The number of nitrogens with zero attached hydrogens (tertiary/aromatic N) is 2. The third kappa shape index (κ3) is 3.75. The third-order valence-electron chi connectivity index (χ3n) is 5.86. The van der Waals surface area contributed by atoms with Crippen LogP contribution in [-0.2, 0) is 0 Å². The molecule has 20 heavy (non-hydrogen) atoms. The molecule has 2 rings (SSSR count). The topological polar surface area (TPSA) is 26.7 Å². The average molecular weight is 282 g/mol. The Labute approximate surface area is 125 Å². The van der Waals surface area contributed by atoms with Gasteiger partial charge < -0.3 is 14.9 Å². The Balaban J connectivity index is 1.91. The fourth-order valence-corrected chi connectivity index (χ4v) is 4.22. The van der Waals surface area contributed by atoms with E-state index >= 15 is 0 Å². The Hall–Kier alpha value is -0.120. The molecule has 1 aliphatic carbocycles. The van der Waals surface area contributed by atoms with Crippen LogP contribution in [0.5, 0.6) is 0 Å². The van der Waals surface area contributed by atoms with Crippen LogP contribution in [0.1, 0.15) is 52.4 Å². The van der Waals surface area contributed by atoms with Gasteiger partial charge in [0.25, 0.3) is 0 Å². The van der Waals surface area contributed by atoms with Gasteiger partial charge in [0.2, 0.25) is 0 Å². The first-order valence-electron chi connectivity index (χ1n) is 8.69. The second-order valence-electron chi connectivity index (χ2n) is 7.18. The van der Waals surface area contributed by atoms with Gasteiger partial charge in [-0.05, 0) is 38.1 Å². The number of hydrogen-bond acceptors (Lipinski definition) is 3. The lowest BCUT2D eigenvalue weighted by Gasteiger charge is -2.44. The van der Waals surface area contributed by atoms with Crippen molar-refractivity contribution in [3.8, 4) is 0 Å². The van der Waals surface area contributed by atoms with Gasteiger partial charge in [-0.1, -0.05) is 33.1 Å². The zero-order valence-corrected chi connectivity index (χ0v) is 13.8. The number of rotatable bonds is 5. The second kappa shape index (κ2) is 7.24. The molecule has 2 unspecified atom stereocenters. The van der Waals surface area contributed by atoms with E-state index in [0.717, 1.165) is 26.1 Å². The summed E-state index contributed by atoms with van der Waals surface area (Å²) >= 11 is 0. The molecule has 1 aliphatic heterocycles. The molecule has 0 radical (unpaired) electrons. The lowest BCUT2D eigenvalue weighted by Crippen LogP contribution is -2.52. The number of likely N-dealkylation sites (N-methyl/N-ethyl adjacent to an activating group) is 1. The molecule has 0 aromatic rings. The van der Waals surface area contributed by atoms with Crippen LogP contribution in [0.4, 0.5) is 0 Å². The molecule has 1 N–H and O–H groups in total. The molecule has 1 saturated carbocycles. The highest BCUT2D eigenvalue weighted by atomic mass is 16.3. The smallest absolute Gasteiger partial charge is 0.0710 e. The second-order valence-corrected chi connectivity index (χ2v) is 7.18. The molecule has 0 aromatic heterocycles. The van der Waals surface area contributed by atoms with Crippen molar-refractivity contribution in [2.24, 2.45) is 11.8 Å². The normalized spacial score (nSPS) is 28.2. The van der Waals surface area contributed by atoms with Crippen LogP contribution in [0, 0.1) is 11.8 Å². The molecule has 2 atom stereocenters. The molecule has 0 bridgehead atoms. The molecular weight excluding hydrogens is 248 g/mol. The summed E-state index contributed by atoms with van der Waals surface area (Å²) in [4.78, 5) is 4.95. The average Bonchev–Trinajstić information content (AvgIpc) is 2.49. The van der Waals surface area contributed by atoms with E-state index in [1.54, 1.807) is 0 Å². The van der Waals surface area contributed by atoms with Crippen molar-refractivity contribution < 1.29 is 5.11 Å². The van der Waals surface area contributed by atoms with Gasteiger partial charge in [0, 0.05) is 32.7 Å². The fourth-order valence-electron chi connectivity index (χ4n) is 4.22. The Morgan fingerprint density at radius 3 is 2.25 bits per heavy atom. The zero-order chi connectivity index (χ0) is 14.6. The van der Waals surface area contributed by atoms with Gasteiger partial charge in [0.15, 0.2) is 0 Å². The van der Waals surface area contributed by atoms with Gasteiger partial charge in [0.05, 0.1) is 5.60 Å². The van der Waals surface area contributed by atoms with E-state index in [1.165, 1.54) is 45.2 Å². The summed E-state index contributed by atoms with van der Waals surface area (Å²) < 4.78 is 0. The Morgan fingerprint density at radius 2 is 1.70 bits per heavy atom. The van der Waals surface area contributed by atoms with Crippen molar-refractivity contribution in [3.05, 3.63) is 0 Å². The SMILES string of the molecule is CCC(O)(C(C)CN1CCN(C)CC1)C1CCCCC1. The van der Waals surface area contributed by atoms with Crippen molar-refractivity contribution in [2.45, 2.75) is 58.0 Å². The van der Waals surface area contributed by atoms with Gasteiger partial charge in [-0.3, -0.25) is 0 Å². The summed E-state index contributed by atoms with van der Waals surface area (Å²) in [6, 6.07) is 0. The first-order chi connectivity index (χ1) is 9.56. The van der Waals surface area contributed by atoms with Crippen LogP contribution in [0.3, 0.4) is 0 Å². The van der Waals surface area contributed by atoms with Gasteiger partial charge in [0.1, 0.15) is 0 Å². The Morgan fingerprint density at radius 1 is 1.10 bits per heavy atom. The lowest BCUT2D eigenvalue weighted by molar-refractivity contribution is -0.0883. The summed E-state index contributed by atoms with van der Waals surface area (Å²) in [6.45, 7) is 10.2. The highest BCUT2D eigenvalue weighted by Crippen LogP contribution is 2.39. The molecule has 1 saturated heterocycles. The minimum Gasteiger partial charge on any atom is -0.389 e. The molecule has 3 heteroatoms. The molecule has 0 aromatic carbocycles. The minimum atomic E-state index is -0.441. The molecule has 0 amide bonds. The standard InChI is InChI=1S/C17H34N2O/c1-4-17(20,16-8-6-5-7-9-16)15(2)14-19-12-10-18(3)11-13-19/h15-16,20H,4-14H2,1-3H3. The highest BCUT2D eigenvalue weighted by molar-refractivity contribution is 4.92. The van der Waals surface area contributed by atoms with Crippen molar-refractivity contribution in [2.75, 3.05) is 39.8 Å². The maximum atomic E-state index is 11.3. The van der Waals surface area contributed by atoms with E-state index in [4.69, 9.17) is 0 Å². The predicted molar refractivity (Wildman–Crippen MR) is 84.9 cm³/mol. The van der Waals surface area contributed by atoms with Crippen LogP contribution in [-0.4, -0.2) is 60.3 Å². The zero-order valence-electron chi connectivity index (χ0n) is 13.8. The van der Waals surface area contributed by atoms with Crippen molar-refractivity contribution in [3.63, 3.8) is 0 Å². The van der Waals surface area contributed by atoms with Crippen LogP contribution in [0.2, 0.25) is 0 Å². The maximum Gasteiger partial charge on any atom is 0.0710 e. The van der Waals surface area contributed by atoms with Crippen molar-refractivity contribution >= 4 is 0 Å². The maximum absolute atomic E-state index is 11.3. The van der Waals surface area contributed by atoms with Gasteiger partial charge in [-0.2, -0.15) is 0 Å². The summed E-state index contributed by atoms with van der Waals surface area (Å²) in [7, 11) is 2.20. The van der Waals surface area contributed by atoms with Crippen LogP contribution in [0.25, 0.3) is 0 Å². The van der Waals surface area contributed by atoms with Gasteiger partial charge >= 0.3 is 0 Å². The quantitative estimate of drug-likeness (QED) is 0.839. The van der Waals surface area contributed by atoms with Crippen molar-refractivity contribution in [1.29, 1.82) is 0 Å². The molecule has 3 nitrogen and oxygen atoms in total. The number of hydrogen-bond donors (Lipinski definition) is 1. The van der Waals surface area contributed by atoms with E-state index in [0.29, 0.717) is 11.8 Å². The van der Waals surface area contributed by atoms with Crippen LogP contribution in [0.15, 0.2) is 0 Å². The largest absolute Gasteiger partial charge is 0.389 e. The molecule has 1 heterocycles. The van der Waals surface area contributed by atoms with E-state index < -0.39 is 5.60 Å². The Kier molecular flexibility index (Phi) is 5.88. The number of aliphatic hydroxyl groups is 1. The minimum absolute atomic E-state index is 0.388. The molecule has 0 spiro atoms. The van der Waals surface area contributed by atoms with Gasteiger partial charge in [-0.25, -0.2) is 0 Å². The lowest BCUT2D eigenvalue weighted by atomic mass is 9.69. The first kappa shape index (κ1) is 16.3. The predicted octanol–water partition coefficient (Wildman–Crippen LogP) is 2.59. The summed E-state index contributed by atoms with van der Waals surface area (Å²) in [6.07, 6.45) is 7.37. The van der Waals surface area contributed by atoms with E-state index in [-0.39, 0.29) is 0 Å². The summed E-state index contributed by atoms with van der Waals surface area (Å²) in [5, 5.41) is 11.3. The van der Waals surface area contributed by atoms with Crippen LogP contribution < -0.4 is 0 Å². The molecule has 2 aliphatic rings. The van der Waals surface area contributed by atoms with Crippen molar-refractivity contribution in [1.82, 2.24) is 9.80 Å². The summed E-state index contributed by atoms with van der Waals surface area (Å²) in [5.74, 6) is 0.919. The molecule has 118 valence electrons. The van der Waals surface area contributed by atoms with E-state index in [1.807, 2.05) is 0 Å². The monoisotopic (exact) mass is 282 g/mol. The van der Waals surface area contributed by atoms with E-state index in [9.17, 15) is 5.11 Å². The van der Waals surface area contributed by atoms with Crippen LogP contribution >= 0.6 is 0 Å². The highest BCUT2D eigenvalue weighted by Gasteiger charge is 2.40. The fraction of sp³-hybridized carbons (Fsp3) is 1.00. The number of piperazine rings is 1. The first-order valence-corrected chi connectivity index (χ1v) is 8.69.